The largest absolute Gasteiger partial charge is 0.497 e. The van der Waals surface area contributed by atoms with Crippen LogP contribution in [0.4, 0.5) is 5.69 Å². The second kappa shape index (κ2) is 8.62. The predicted molar refractivity (Wildman–Crippen MR) is 91.3 cm³/mol. The van der Waals surface area contributed by atoms with E-state index < -0.39 is 0 Å². The van der Waals surface area contributed by atoms with Gasteiger partial charge in [-0.3, -0.25) is 4.79 Å². The van der Waals surface area contributed by atoms with Gasteiger partial charge in [0.05, 0.1) is 20.1 Å². The first kappa shape index (κ1) is 17.4. The Morgan fingerprint density at radius 1 is 1.22 bits per heavy atom. The molecule has 6 heteroatoms. The molecule has 6 nitrogen and oxygen atoms in total. The summed E-state index contributed by atoms with van der Waals surface area (Å²) in [6, 6.07) is 5.63. The molecule has 2 N–H and O–H groups in total. The summed E-state index contributed by atoms with van der Waals surface area (Å²) in [6.45, 7) is 3.19. The van der Waals surface area contributed by atoms with Crippen LogP contribution in [0.5, 0.6) is 11.5 Å². The van der Waals surface area contributed by atoms with Crippen LogP contribution in [0.25, 0.3) is 0 Å². The molecule has 1 unspecified atom stereocenters. The molecule has 1 aliphatic rings. The number of carbonyl (C=O) groups is 1. The summed E-state index contributed by atoms with van der Waals surface area (Å²) in [4.78, 5) is 14.4. The predicted octanol–water partition coefficient (Wildman–Crippen LogP) is 1.57. The Bertz CT molecular complexity index is 500. The van der Waals surface area contributed by atoms with Crippen molar-refractivity contribution in [1.29, 1.82) is 0 Å². The summed E-state index contributed by atoms with van der Waals surface area (Å²) >= 11 is 0. The Labute approximate surface area is 138 Å². The van der Waals surface area contributed by atoms with E-state index in [1.807, 2.05) is 18.2 Å². The highest BCUT2D eigenvalue weighted by Crippen LogP contribution is 2.25. The molecule has 128 valence electrons. The third-order valence-corrected chi connectivity index (χ3v) is 4.10. The summed E-state index contributed by atoms with van der Waals surface area (Å²) in [6.07, 6.45) is 2.08. The van der Waals surface area contributed by atoms with E-state index in [-0.39, 0.29) is 11.8 Å². The first-order chi connectivity index (χ1) is 11.1. The number of nitrogens with one attached hydrogen (secondary N) is 2. The van der Waals surface area contributed by atoms with E-state index in [0.717, 1.165) is 43.1 Å². The number of piperidine rings is 1. The third kappa shape index (κ3) is 5.32. The zero-order chi connectivity index (χ0) is 16.7. The van der Waals surface area contributed by atoms with Gasteiger partial charge in [-0.1, -0.05) is 0 Å². The number of anilines is 1. The molecule has 2 rings (SSSR count). The minimum absolute atomic E-state index is 0.116. The van der Waals surface area contributed by atoms with Crippen LogP contribution in [0.3, 0.4) is 0 Å². The molecule has 0 bridgehead atoms. The van der Waals surface area contributed by atoms with Gasteiger partial charge in [0, 0.05) is 43.5 Å². The van der Waals surface area contributed by atoms with Crippen molar-refractivity contribution in [1.82, 2.24) is 10.2 Å². The summed E-state index contributed by atoms with van der Waals surface area (Å²) in [7, 11) is 5.32. The third-order valence-electron chi connectivity index (χ3n) is 4.10. The second-order valence-electron chi connectivity index (χ2n) is 5.92. The number of nitrogens with zero attached hydrogens (tertiary/aromatic N) is 1. The first-order valence-electron chi connectivity index (χ1n) is 8.05. The molecule has 1 atom stereocenters. The summed E-state index contributed by atoms with van der Waals surface area (Å²) < 4.78 is 10.5. The lowest BCUT2D eigenvalue weighted by Crippen LogP contribution is -2.42. The van der Waals surface area contributed by atoms with Crippen LogP contribution in [0.2, 0.25) is 0 Å². The number of carbonyl (C=O) groups excluding carboxylic acids is 1. The average Bonchev–Trinajstić information content (AvgIpc) is 2.58. The van der Waals surface area contributed by atoms with Crippen LogP contribution in [0, 0.1) is 5.92 Å². The van der Waals surface area contributed by atoms with Crippen molar-refractivity contribution in [3.8, 4) is 11.5 Å². The smallest absolute Gasteiger partial charge is 0.224 e. The SMILES string of the molecule is COc1cc(NCCNC(=O)C2CCCN(C)C2)cc(OC)c1. The number of hydrogen-bond donors (Lipinski definition) is 2. The molecular formula is C17H27N3O3. The van der Waals surface area contributed by atoms with Gasteiger partial charge in [-0.15, -0.1) is 0 Å². The number of benzene rings is 1. The molecular weight excluding hydrogens is 294 g/mol. The molecule has 23 heavy (non-hydrogen) atoms. The Hall–Kier alpha value is -1.95. The summed E-state index contributed by atoms with van der Waals surface area (Å²) in [5, 5.41) is 6.29. The monoisotopic (exact) mass is 321 g/mol. The normalized spacial score (nSPS) is 18.3. The van der Waals surface area contributed by atoms with Crippen molar-refractivity contribution >= 4 is 11.6 Å². The molecule has 1 saturated heterocycles. The summed E-state index contributed by atoms with van der Waals surface area (Å²) in [5.74, 6) is 1.74. The highest BCUT2D eigenvalue weighted by atomic mass is 16.5. The lowest BCUT2D eigenvalue weighted by atomic mass is 9.98. The fraction of sp³-hybridized carbons (Fsp3) is 0.588. The molecule has 0 saturated carbocycles. The van der Waals surface area contributed by atoms with Gasteiger partial charge in [0.2, 0.25) is 5.91 Å². The van der Waals surface area contributed by atoms with Crippen LogP contribution in [0.1, 0.15) is 12.8 Å². The fourth-order valence-electron chi connectivity index (χ4n) is 2.83. The number of hydrogen-bond acceptors (Lipinski definition) is 5. The quantitative estimate of drug-likeness (QED) is 0.747. The first-order valence-corrected chi connectivity index (χ1v) is 8.05. The Kier molecular flexibility index (Phi) is 6.52. The van der Waals surface area contributed by atoms with Crippen molar-refractivity contribution in [2.24, 2.45) is 5.92 Å². The van der Waals surface area contributed by atoms with E-state index in [4.69, 9.17) is 9.47 Å². The zero-order valence-electron chi connectivity index (χ0n) is 14.2. The minimum Gasteiger partial charge on any atom is -0.497 e. The Morgan fingerprint density at radius 2 is 1.91 bits per heavy atom. The summed E-state index contributed by atoms with van der Waals surface area (Å²) in [5.41, 5.74) is 0.910. The number of amides is 1. The molecule has 1 aromatic rings. The standard InChI is InChI=1S/C17H27N3O3/c1-20-8-4-5-13(12-20)17(21)19-7-6-18-14-9-15(22-2)11-16(10-14)23-3/h9-11,13,18H,4-8,12H2,1-3H3,(H,19,21). The van der Waals surface area contributed by atoms with Crippen LogP contribution in [-0.4, -0.2) is 58.3 Å². The van der Waals surface area contributed by atoms with E-state index in [1.165, 1.54) is 0 Å². The maximum absolute atomic E-state index is 12.2. The van der Waals surface area contributed by atoms with Gasteiger partial charge in [-0.05, 0) is 26.4 Å². The van der Waals surface area contributed by atoms with Gasteiger partial charge in [0.15, 0.2) is 0 Å². The fourth-order valence-corrected chi connectivity index (χ4v) is 2.83. The Balaban J connectivity index is 1.75. The molecule has 0 radical (unpaired) electrons. The van der Waals surface area contributed by atoms with Crippen LogP contribution < -0.4 is 20.1 Å². The van der Waals surface area contributed by atoms with Crippen molar-refractivity contribution in [3.05, 3.63) is 18.2 Å². The lowest BCUT2D eigenvalue weighted by molar-refractivity contribution is -0.126. The Morgan fingerprint density at radius 3 is 2.52 bits per heavy atom. The number of likely N-dealkylation sites (tertiary alicyclic amines) is 1. The van der Waals surface area contributed by atoms with Crippen LogP contribution in [0.15, 0.2) is 18.2 Å². The molecule has 0 aromatic heterocycles. The molecule has 1 amide bonds. The number of ether oxygens (including phenoxy) is 2. The molecule has 1 aromatic carbocycles. The molecule has 1 aliphatic heterocycles. The van der Waals surface area contributed by atoms with Crippen molar-refractivity contribution < 1.29 is 14.3 Å². The number of rotatable bonds is 7. The van der Waals surface area contributed by atoms with E-state index in [1.54, 1.807) is 14.2 Å². The molecule has 1 heterocycles. The minimum atomic E-state index is 0.116. The second-order valence-corrected chi connectivity index (χ2v) is 5.92. The molecule has 0 spiro atoms. The maximum Gasteiger partial charge on any atom is 0.224 e. The maximum atomic E-state index is 12.2. The van der Waals surface area contributed by atoms with Gasteiger partial charge in [-0.25, -0.2) is 0 Å². The van der Waals surface area contributed by atoms with Crippen molar-refractivity contribution in [2.45, 2.75) is 12.8 Å². The lowest BCUT2D eigenvalue weighted by Gasteiger charge is -2.28. The average molecular weight is 321 g/mol. The highest BCUT2D eigenvalue weighted by molar-refractivity contribution is 5.79. The topological polar surface area (TPSA) is 62.8 Å². The van der Waals surface area contributed by atoms with E-state index in [0.29, 0.717) is 13.1 Å². The van der Waals surface area contributed by atoms with Gasteiger partial charge >= 0.3 is 0 Å². The zero-order valence-corrected chi connectivity index (χ0v) is 14.2. The van der Waals surface area contributed by atoms with Crippen LogP contribution in [-0.2, 0) is 4.79 Å². The highest BCUT2D eigenvalue weighted by Gasteiger charge is 2.23. The molecule has 1 fully saturated rings. The van der Waals surface area contributed by atoms with Gasteiger partial charge in [0.25, 0.3) is 0 Å². The van der Waals surface area contributed by atoms with Gasteiger partial charge < -0.3 is 25.0 Å². The van der Waals surface area contributed by atoms with Crippen molar-refractivity contribution in [2.75, 3.05) is 52.8 Å². The molecule has 0 aliphatic carbocycles. The van der Waals surface area contributed by atoms with E-state index in [9.17, 15) is 4.79 Å². The van der Waals surface area contributed by atoms with E-state index in [2.05, 4.69) is 22.6 Å². The van der Waals surface area contributed by atoms with Crippen molar-refractivity contribution in [3.63, 3.8) is 0 Å². The van der Waals surface area contributed by atoms with Gasteiger partial charge in [-0.2, -0.15) is 0 Å². The van der Waals surface area contributed by atoms with Crippen LogP contribution >= 0.6 is 0 Å². The number of methoxy groups -OCH3 is 2. The van der Waals surface area contributed by atoms with Gasteiger partial charge in [0.1, 0.15) is 11.5 Å². The van der Waals surface area contributed by atoms with E-state index >= 15 is 0 Å².